The highest BCUT2D eigenvalue weighted by atomic mass is 32.2. The molecule has 1 amide bonds. The smallest absolute Gasteiger partial charge is 0.348 e. The van der Waals surface area contributed by atoms with Gasteiger partial charge in [-0.15, -0.1) is 11.3 Å². The number of nitrogens with one attached hydrogen (secondary N) is 1. The molecule has 0 unspecified atom stereocenters. The van der Waals surface area contributed by atoms with Crippen LogP contribution in [0.2, 0.25) is 0 Å². The summed E-state index contributed by atoms with van der Waals surface area (Å²) in [5.41, 5.74) is -0.776. The monoisotopic (exact) mass is 331 g/mol. The van der Waals surface area contributed by atoms with Crippen molar-refractivity contribution in [3.63, 3.8) is 0 Å². The fourth-order valence-corrected chi connectivity index (χ4v) is 5.08. The normalized spacial score (nSPS) is 23.7. The Bertz CT molecular complexity index is 664. The van der Waals surface area contributed by atoms with Gasteiger partial charge in [-0.1, -0.05) is 0 Å². The molecular weight excluding hydrogens is 314 g/mol. The molecule has 1 aromatic rings. The zero-order chi connectivity index (χ0) is 15.7. The molecule has 0 spiro atoms. The first-order chi connectivity index (χ1) is 9.69. The summed E-state index contributed by atoms with van der Waals surface area (Å²) in [5.74, 6) is -1.05. The van der Waals surface area contributed by atoms with Crippen LogP contribution in [0.5, 0.6) is 0 Å². The van der Waals surface area contributed by atoms with Gasteiger partial charge in [-0.2, -0.15) is 0 Å². The number of esters is 1. The molecule has 1 aromatic heterocycles. The second-order valence-corrected chi connectivity index (χ2v) is 8.91. The molecule has 6 nitrogen and oxygen atoms in total. The Kier molecular flexibility index (Phi) is 4.38. The zero-order valence-electron chi connectivity index (χ0n) is 11.8. The summed E-state index contributed by atoms with van der Waals surface area (Å²) in [6.07, 6.45) is 0.374. The molecule has 1 aliphatic rings. The van der Waals surface area contributed by atoms with Crippen LogP contribution in [0.25, 0.3) is 0 Å². The Labute approximate surface area is 127 Å². The van der Waals surface area contributed by atoms with Gasteiger partial charge >= 0.3 is 5.97 Å². The van der Waals surface area contributed by atoms with Gasteiger partial charge < -0.3 is 10.1 Å². The third kappa shape index (κ3) is 4.28. The average Bonchev–Trinajstić information content (AvgIpc) is 2.90. The van der Waals surface area contributed by atoms with E-state index in [9.17, 15) is 18.0 Å². The van der Waals surface area contributed by atoms with E-state index in [2.05, 4.69) is 5.32 Å². The first-order valence-corrected chi connectivity index (χ1v) is 9.08. The van der Waals surface area contributed by atoms with Gasteiger partial charge in [-0.3, -0.25) is 4.79 Å². The minimum absolute atomic E-state index is 0.0675. The van der Waals surface area contributed by atoms with Gasteiger partial charge in [0.15, 0.2) is 16.4 Å². The van der Waals surface area contributed by atoms with Crippen molar-refractivity contribution in [1.82, 2.24) is 5.32 Å². The summed E-state index contributed by atoms with van der Waals surface area (Å²) in [6.45, 7) is 3.14. The van der Waals surface area contributed by atoms with E-state index in [1.165, 1.54) is 11.3 Å². The minimum Gasteiger partial charge on any atom is -0.451 e. The van der Waals surface area contributed by atoms with Crippen LogP contribution in [0.15, 0.2) is 12.1 Å². The van der Waals surface area contributed by atoms with Crippen LogP contribution in [0.4, 0.5) is 0 Å². The average molecular weight is 331 g/mol. The predicted octanol–water partition coefficient (Wildman–Crippen LogP) is 0.907. The van der Waals surface area contributed by atoms with Crippen LogP contribution in [-0.4, -0.2) is 43.9 Å². The molecule has 0 aromatic carbocycles. The number of ether oxygens (including phenoxy) is 1. The van der Waals surface area contributed by atoms with Crippen molar-refractivity contribution >= 4 is 33.1 Å². The molecule has 1 saturated heterocycles. The van der Waals surface area contributed by atoms with E-state index in [1.807, 2.05) is 6.92 Å². The Morgan fingerprint density at radius 1 is 1.43 bits per heavy atom. The number of thiophene rings is 1. The summed E-state index contributed by atoms with van der Waals surface area (Å²) >= 11 is 1.29. The van der Waals surface area contributed by atoms with E-state index in [0.717, 1.165) is 4.88 Å². The lowest BCUT2D eigenvalue weighted by molar-refractivity contribution is -0.125. The minimum atomic E-state index is -3.09. The topological polar surface area (TPSA) is 89.5 Å². The van der Waals surface area contributed by atoms with Crippen molar-refractivity contribution in [1.29, 1.82) is 0 Å². The first-order valence-electron chi connectivity index (χ1n) is 6.44. The number of hydrogen-bond donors (Lipinski definition) is 1. The highest BCUT2D eigenvalue weighted by Crippen LogP contribution is 2.22. The van der Waals surface area contributed by atoms with Crippen LogP contribution < -0.4 is 5.32 Å². The zero-order valence-corrected chi connectivity index (χ0v) is 13.5. The van der Waals surface area contributed by atoms with E-state index < -0.39 is 33.9 Å². The van der Waals surface area contributed by atoms with Crippen molar-refractivity contribution in [3.8, 4) is 0 Å². The Balaban J connectivity index is 1.84. The number of amides is 1. The SMILES string of the molecule is Cc1ccc(C(=O)OCC(=O)N[C@]2(C)CCS(=O)(=O)C2)s1. The molecule has 1 fully saturated rings. The van der Waals surface area contributed by atoms with Crippen LogP contribution in [0.1, 0.15) is 27.9 Å². The molecule has 1 atom stereocenters. The fraction of sp³-hybridized carbons (Fsp3) is 0.538. The van der Waals surface area contributed by atoms with E-state index in [-0.39, 0.29) is 11.5 Å². The highest BCUT2D eigenvalue weighted by Gasteiger charge is 2.39. The molecule has 0 aliphatic carbocycles. The Morgan fingerprint density at radius 3 is 2.67 bits per heavy atom. The molecule has 116 valence electrons. The van der Waals surface area contributed by atoms with Gasteiger partial charge in [0.2, 0.25) is 0 Å². The molecular formula is C13H17NO5S2. The summed E-state index contributed by atoms with van der Waals surface area (Å²) in [4.78, 5) is 24.9. The van der Waals surface area contributed by atoms with E-state index in [1.54, 1.807) is 19.1 Å². The van der Waals surface area contributed by atoms with Gasteiger partial charge in [0, 0.05) is 4.88 Å². The van der Waals surface area contributed by atoms with Gasteiger partial charge in [-0.05, 0) is 32.4 Å². The van der Waals surface area contributed by atoms with Crippen LogP contribution in [0.3, 0.4) is 0 Å². The van der Waals surface area contributed by atoms with E-state index in [4.69, 9.17) is 4.74 Å². The fourth-order valence-electron chi connectivity index (χ4n) is 2.23. The lowest BCUT2D eigenvalue weighted by Crippen LogP contribution is -2.48. The van der Waals surface area contributed by atoms with Crippen molar-refractivity contribution in [2.24, 2.45) is 0 Å². The van der Waals surface area contributed by atoms with Crippen molar-refractivity contribution in [2.45, 2.75) is 25.8 Å². The molecule has 21 heavy (non-hydrogen) atoms. The molecule has 2 rings (SSSR count). The summed E-state index contributed by atoms with van der Waals surface area (Å²) in [6, 6.07) is 3.44. The third-order valence-corrected chi connectivity index (χ3v) is 6.10. The first kappa shape index (κ1) is 16.0. The van der Waals surface area contributed by atoms with Crippen molar-refractivity contribution in [3.05, 3.63) is 21.9 Å². The van der Waals surface area contributed by atoms with Gasteiger partial charge in [0.25, 0.3) is 5.91 Å². The third-order valence-electron chi connectivity index (χ3n) is 3.22. The Morgan fingerprint density at radius 2 is 2.14 bits per heavy atom. The molecule has 0 bridgehead atoms. The van der Waals surface area contributed by atoms with E-state index >= 15 is 0 Å². The van der Waals surface area contributed by atoms with Gasteiger partial charge in [0.1, 0.15) is 4.88 Å². The van der Waals surface area contributed by atoms with Gasteiger partial charge in [0.05, 0.1) is 17.0 Å². The second kappa shape index (κ2) is 5.76. The van der Waals surface area contributed by atoms with E-state index in [0.29, 0.717) is 11.3 Å². The number of aryl methyl sites for hydroxylation is 1. The number of hydrogen-bond acceptors (Lipinski definition) is 6. The van der Waals surface area contributed by atoms with Crippen LogP contribution in [0, 0.1) is 6.92 Å². The van der Waals surface area contributed by atoms with Crippen LogP contribution in [-0.2, 0) is 19.4 Å². The summed E-state index contributed by atoms with van der Waals surface area (Å²) in [7, 11) is -3.09. The molecule has 0 saturated carbocycles. The highest BCUT2D eigenvalue weighted by molar-refractivity contribution is 7.91. The van der Waals surface area contributed by atoms with Gasteiger partial charge in [-0.25, -0.2) is 13.2 Å². The van der Waals surface area contributed by atoms with Crippen molar-refractivity contribution < 1.29 is 22.7 Å². The lowest BCUT2D eigenvalue weighted by atomic mass is 10.0. The molecule has 2 heterocycles. The maximum Gasteiger partial charge on any atom is 0.348 e. The predicted molar refractivity (Wildman–Crippen MR) is 79.2 cm³/mol. The van der Waals surface area contributed by atoms with Crippen molar-refractivity contribution in [2.75, 3.05) is 18.1 Å². The standard InChI is InChI=1S/C13H17NO5S2/c1-9-3-4-10(20-9)12(16)19-7-11(15)14-13(2)5-6-21(17,18)8-13/h3-4H,5-8H2,1-2H3,(H,14,15)/t13-/m1/s1. The maximum atomic E-state index is 11.8. The molecule has 0 radical (unpaired) electrons. The summed E-state index contributed by atoms with van der Waals surface area (Å²) in [5, 5.41) is 2.63. The number of carbonyl (C=O) groups excluding carboxylic acids is 2. The quantitative estimate of drug-likeness (QED) is 0.828. The largest absolute Gasteiger partial charge is 0.451 e. The molecule has 1 aliphatic heterocycles. The number of rotatable bonds is 4. The molecule has 1 N–H and O–H groups in total. The summed E-state index contributed by atoms with van der Waals surface area (Å²) < 4.78 is 27.8. The lowest BCUT2D eigenvalue weighted by Gasteiger charge is -2.23. The maximum absolute atomic E-state index is 11.8. The van der Waals surface area contributed by atoms with Crippen LogP contribution >= 0.6 is 11.3 Å². The Hall–Kier alpha value is -1.41. The molecule has 8 heteroatoms. The number of sulfone groups is 1. The number of carbonyl (C=O) groups is 2. The second-order valence-electron chi connectivity index (χ2n) is 5.44.